The van der Waals surface area contributed by atoms with Gasteiger partial charge in [0.05, 0.1) is 12.6 Å². The third kappa shape index (κ3) is 3.58. The molecule has 1 N–H and O–H groups in total. The summed E-state index contributed by atoms with van der Waals surface area (Å²) in [5, 5.41) is 4.20. The predicted octanol–water partition coefficient (Wildman–Crippen LogP) is -0.186. The van der Waals surface area contributed by atoms with Gasteiger partial charge in [-0.05, 0) is 25.3 Å². The van der Waals surface area contributed by atoms with Crippen LogP contribution in [-0.4, -0.2) is 42.7 Å². The molecule has 1 aliphatic rings. The van der Waals surface area contributed by atoms with E-state index in [0.29, 0.717) is 13.1 Å². The Morgan fingerprint density at radius 2 is 2.17 bits per heavy atom. The summed E-state index contributed by atoms with van der Waals surface area (Å²) in [4.78, 5) is 39.4. The van der Waals surface area contributed by atoms with Crippen LogP contribution in [0, 0.1) is 0 Å². The van der Waals surface area contributed by atoms with Crippen molar-refractivity contribution in [2.75, 3.05) is 6.54 Å². The van der Waals surface area contributed by atoms with E-state index in [2.05, 4.69) is 10.1 Å². The molecule has 2 aromatic rings. The molecule has 122 valence electrons. The maximum absolute atomic E-state index is 12.6. The molecule has 0 spiro atoms. The van der Waals surface area contributed by atoms with Gasteiger partial charge in [-0.2, -0.15) is 5.10 Å². The van der Waals surface area contributed by atoms with Gasteiger partial charge >= 0.3 is 5.69 Å². The van der Waals surface area contributed by atoms with Crippen LogP contribution in [0.25, 0.3) is 0 Å². The van der Waals surface area contributed by atoms with E-state index in [4.69, 9.17) is 0 Å². The number of nitrogens with zero attached hydrogens (tertiary/aromatic N) is 4. The summed E-state index contributed by atoms with van der Waals surface area (Å²) in [6.07, 6.45) is 7.91. The lowest BCUT2D eigenvalue weighted by Gasteiger charge is -2.35. The molecule has 3 rings (SSSR count). The number of nitrogens with one attached hydrogen (secondary N) is 1. The molecule has 23 heavy (non-hydrogen) atoms. The summed E-state index contributed by atoms with van der Waals surface area (Å²) in [6.45, 7) is 1.27. The Morgan fingerprint density at radius 3 is 2.91 bits per heavy atom. The van der Waals surface area contributed by atoms with Gasteiger partial charge in [0.25, 0.3) is 5.56 Å². The van der Waals surface area contributed by atoms with Gasteiger partial charge in [0.2, 0.25) is 5.91 Å². The van der Waals surface area contributed by atoms with Crippen LogP contribution in [0.2, 0.25) is 0 Å². The molecule has 8 nitrogen and oxygen atoms in total. The highest BCUT2D eigenvalue weighted by Crippen LogP contribution is 2.18. The van der Waals surface area contributed by atoms with Crippen molar-refractivity contribution in [2.24, 2.45) is 0 Å². The van der Waals surface area contributed by atoms with E-state index in [-0.39, 0.29) is 18.5 Å². The lowest BCUT2D eigenvalue weighted by molar-refractivity contribution is -0.136. The van der Waals surface area contributed by atoms with Crippen LogP contribution in [-0.2, 0) is 17.9 Å². The van der Waals surface area contributed by atoms with Gasteiger partial charge in [-0.25, -0.2) is 4.79 Å². The van der Waals surface area contributed by atoms with E-state index < -0.39 is 11.2 Å². The number of hydrogen-bond donors (Lipinski definition) is 1. The van der Waals surface area contributed by atoms with Gasteiger partial charge in [-0.1, -0.05) is 0 Å². The van der Waals surface area contributed by atoms with Crippen molar-refractivity contribution in [1.29, 1.82) is 0 Å². The van der Waals surface area contributed by atoms with Crippen LogP contribution < -0.4 is 11.2 Å². The molecule has 1 saturated heterocycles. The normalized spacial score (nSPS) is 18.1. The summed E-state index contributed by atoms with van der Waals surface area (Å²) in [6, 6.07) is 3.18. The molecule has 0 aliphatic carbocycles. The average Bonchev–Trinajstić information content (AvgIpc) is 3.03. The van der Waals surface area contributed by atoms with Crippen molar-refractivity contribution in [3.63, 3.8) is 0 Å². The highest BCUT2D eigenvalue weighted by atomic mass is 16.2. The standard InChI is InChI=1S/C15H19N5O3/c21-13-5-9-18(15(23)17-13)11-14(22)20-8-2-1-4-12(20)10-19-7-3-6-16-19/h3,5-7,9,12H,1-2,4,8,10-11H2,(H,17,21,23)/t12-/m1/s1. The Kier molecular flexibility index (Phi) is 4.40. The molecule has 1 aliphatic heterocycles. The molecular formula is C15H19N5O3. The van der Waals surface area contributed by atoms with Crippen molar-refractivity contribution < 1.29 is 4.79 Å². The Bertz CT molecular complexity index is 777. The van der Waals surface area contributed by atoms with Gasteiger partial charge in [0.1, 0.15) is 6.54 Å². The molecule has 2 aromatic heterocycles. The maximum Gasteiger partial charge on any atom is 0.328 e. The van der Waals surface area contributed by atoms with Gasteiger partial charge in [-0.15, -0.1) is 0 Å². The number of hydrogen-bond acceptors (Lipinski definition) is 4. The van der Waals surface area contributed by atoms with Crippen molar-refractivity contribution in [1.82, 2.24) is 24.2 Å². The third-order valence-corrected chi connectivity index (χ3v) is 4.11. The number of carbonyl (C=O) groups excluding carboxylic acids is 1. The van der Waals surface area contributed by atoms with E-state index in [1.807, 2.05) is 21.8 Å². The molecule has 0 aromatic carbocycles. The predicted molar refractivity (Wildman–Crippen MR) is 82.9 cm³/mol. The zero-order valence-corrected chi connectivity index (χ0v) is 12.7. The number of aromatic nitrogens is 4. The Balaban J connectivity index is 1.73. The van der Waals surface area contributed by atoms with E-state index in [1.165, 1.54) is 16.8 Å². The molecule has 1 fully saturated rings. The quantitative estimate of drug-likeness (QED) is 0.846. The second-order valence-corrected chi connectivity index (χ2v) is 5.70. The first-order chi connectivity index (χ1) is 11.1. The topological polar surface area (TPSA) is 93.0 Å². The molecule has 0 bridgehead atoms. The van der Waals surface area contributed by atoms with Gasteiger partial charge in [0, 0.05) is 31.2 Å². The second kappa shape index (κ2) is 6.64. The van der Waals surface area contributed by atoms with Crippen molar-refractivity contribution in [2.45, 2.75) is 38.4 Å². The average molecular weight is 317 g/mol. The maximum atomic E-state index is 12.6. The fourth-order valence-electron chi connectivity index (χ4n) is 2.95. The van der Waals surface area contributed by atoms with Gasteiger partial charge in [0.15, 0.2) is 0 Å². The van der Waals surface area contributed by atoms with E-state index in [9.17, 15) is 14.4 Å². The molecule has 0 saturated carbocycles. The Labute approximate surface area is 132 Å². The molecule has 0 unspecified atom stereocenters. The number of aromatic amines is 1. The highest BCUT2D eigenvalue weighted by molar-refractivity contribution is 5.76. The molecule has 1 amide bonds. The number of amides is 1. The van der Waals surface area contributed by atoms with Gasteiger partial charge in [-0.3, -0.25) is 23.8 Å². The first-order valence-corrected chi connectivity index (χ1v) is 7.70. The van der Waals surface area contributed by atoms with Crippen LogP contribution in [0.1, 0.15) is 19.3 Å². The zero-order chi connectivity index (χ0) is 16.2. The molecule has 3 heterocycles. The number of H-pyrrole nitrogens is 1. The van der Waals surface area contributed by atoms with Crippen LogP contribution in [0.15, 0.2) is 40.3 Å². The summed E-state index contributed by atoms with van der Waals surface area (Å²) in [5.74, 6) is -0.115. The fourth-order valence-corrected chi connectivity index (χ4v) is 2.95. The first kappa shape index (κ1) is 15.3. The SMILES string of the molecule is O=C(Cn1ccc(=O)[nH]c1=O)N1CCCC[C@@H]1Cn1cccn1. The highest BCUT2D eigenvalue weighted by Gasteiger charge is 2.27. The molecule has 0 radical (unpaired) electrons. The summed E-state index contributed by atoms with van der Waals surface area (Å²) in [7, 11) is 0. The Hall–Kier alpha value is -2.64. The first-order valence-electron chi connectivity index (χ1n) is 7.70. The molecule has 8 heteroatoms. The smallest absolute Gasteiger partial charge is 0.328 e. The zero-order valence-electron chi connectivity index (χ0n) is 12.7. The minimum atomic E-state index is -0.563. The van der Waals surface area contributed by atoms with Crippen molar-refractivity contribution in [3.05, 3.63) is 51.6 Å². The minimum absolute atomic E-state index is 0.0643. The number of rotatable bonds is 4. The van der Waals surface area contributed by atoms with Crippen molar-refractivity contribution >= 4 is 5.91 Å². The van der Waals surface area contributed by atoms with Crippen LogP contribution in [0.4, 0.5) is 0 Å². The fraction of sp³-hybridized carbons (Fsp3) is 0.467. The monoisotopic (exact) mass is 317 g/mol. The molecular weight excluding hydrogens is 298 g/mol. The largest absolute Gasteiger partial charge is 0.336 e. The number of carbonyl (C=O) groups is 1. The summed E-state index contributed by atoms with van der Waals surface area (Å²) in [5.41, 5.74) is -1.03. The summed E-state index contributed by atoms with van der Waals surface area (Å²) < 4.78 is 3.05. The van der Waals surface area contributed by atoms with Crippen LogP contribution in [0.3, 0.4) is 0 Å². The van der Waals surface area contributed by atoms with Crippen LogP contribution in [0.5, 0.6) is 0 Å². The third-order valence-electron chi connectivity index (χ3n) is 4.11. The van der Waals surface area contributed by atoms with Crippen molar-refractivity contribution in [3.8, 4) is 0 Å². The van der Waals surface area contributed by atoms with Crippen LogP contribution >= 0.6 is 0 Å². The lowest BCUT2D eigenvalue weighted by Crippen LogP contribution is -2.48. The lowest BCUT2D eigenvalue weighted by atomic mass is 10.0. The number of likely N-dealkylation sites (tertiary alicyclic amines) is 1. The summed E-state index contributed by atoms with van der Waals surface area (Å²) >= 11 is 0. The molecule has 1 atom stereocenters. The second-order valence-electron chi connectivity index (χ2n) is 5.70. The minimum Gasteiger partial charge on any atom is -0.336 e. The number of piperidine rings is 1. The van der Waals surface area contributed by atoms with Gasteiger partial charge < -0.3 is 4.90 Å². The van der Waals surface area contributed by atoms with E-state index in [1.54, 1.807) is 6.20 Å². The van der Waals surface area contributed by atoms with E-state index in [0.717, 1.165) is 19.3 Å². The Morgan fingerprint density at radius 1 is 1.30 bits per heavy atom. The van der Waals surface area contributed by atoms with E-state index >= 15 is 0 Å².